The average molecular weight is 783 g/mol. The second kappa shape index (κ2) is 15.7. The number of ether oxygens (including phenoxy) is 2. The molecule has 1 saturated heterocycles. The third-order valence-electron chi connectivity index (χ3n) is 7.80. The molecule has 1 heterocycles. The van der Waals surface area contributed by atoms with E-state index in [1.807, 2.05) is 54.6 Å². The molecule has 3 atom stereocenters. The fourth-order valence-electron chi connectivity index (χ4n) is 5.41. The highest BCUT2D eigenvalue weighted by Gasteiger charge is 2.43. The molecule has 0 radical (unpaired) electrons. The van der Waals surface area contributed by atoms with Gasteiger partial charge in [0.1, 0.15) is 29.5 Å². The molecule has 4 aromatic rings. The molecule has 1 aliphatic rings. The van der Waals surface area contributed by atoms with Crippen molar-refractivity contribution in [2.24, 2.45) is 0 Å². The Morgan fingerprint density at radius 3 is 2.14 bits per heavy atom. The maximum atomic E-state index is 14.0. The minimum atomic E-state index is -4.31. The number of likely N-dealkylation sites (tertiary alicyclic amines) is 1. The number of halogens is 2. The number of carbonyl (C=O) groups is 3. The molecule has 0 bridgehead atoms. The Morgan fingerprint density at radius 1 is 0.900 bits per heavy atom. The van der Waals surface area contributed by atoms with Gasteiger partial charge in [-0.05, 0) is 86.0 Å². The molecule has 0 unspecified atom stereocenters. The summed E-state index contributed by atoms with van der Waals surface area (Å²) in [5.74, 6) is -1.06. The Balaban J connectivity index is 1.36. The van der Waals surface area contributed by atoms with Gasteiger partial charge >= 0.3 is 6.09 Å². The third kappa shape index (κ3) is 9.86. The molecule has 10 nitrogen and oxygen atoms in total. The van der Waals surface area contributed by atoms with Crippen LogP contribution in [0.4, 0.5) is 4.79 Å². The van der Waals surface area contributed by atoms with E-state index < -0.39 is 51.7 Å². The Bertz CT molecular complexity index is 1920. The van der Waals surface area contributed by atoms with Gasteiger partial charge < -0.3 is 14.8 Å². The van der Waals surface area contributed by atoms with Crippen molar-refractivity contribution in [1.82, 2.24) is 14.9 Å². The highest BCUT2D eigenvalue weighted by Crippen LogP contribution is 2.28. The van der Waals surface area contributed by atoms with Crippen molar-refractivity contribution in [1.29, 1.82) is 0 Å². The zero-order valence-electron chi connectivity index (χ0n) is 27.6. The zero-order chi connectivity index (χ0) is 36.1. The van der Waals surface area contributed by atoms with Crippen LogP contribution in [0.5, 0.6) is 5.75 Å². The average Bonchev–Trinajstić information content (AvgIpc) is 3.49. The predicted molar refractivity (Wildman–Crippen MR) is 194 cm³/mol. The van der Waals surface area contributed by atoms with E-state index in [0.717, 1.165) is 15.6 Å². The van der Waals surface area contributed by atoms with Gasteiger partial charge in [0, 0.05) is 22.3 Å². The molecule has 1 aliphatic heterocycles. The largest absolute Gasteiger partial charge is 0.488 e. The Hall–Kier alpha value is -4.39. The first-order valence-electron chi connectivity index (χ1n) is 15.9. The smallest absolute Gasteiger partial charge is 0.411 e. The Labute approximate surface area is 305 Å². The lowest BCUT2D eigenvalue weighted by atomic mass is 10.0. The zero-order valence-corrected chi connectivity index (χ0v) is 30.8. The van der Waals surface area contributed by atoms with E-state index >= 15 is 0 Å². The van der Waals surface area contributed by atoms with Crippen molar-refractivity contribution in [3.05, 3.63) is 118 Å². The summed E-state index contributed by atoms with van der Waals surface area (Å²) in [7, 11) is -4.31. The molecule has 262 valence electrons. The molecular weight excluding hydrogens is 746 g/mol. The summed E-state index contributed by atoms with van der Waals surface area (Å²) < 4.78 is 41.0. The maximum absolute atomic E-state index is 14.0. The maximum Gasteiger partial charge on any atom is 0.411 e. The van der Waals surface area contributed by atoms with Crippen LogP contribution in [0.25, 0.3) is 11.1 Å². The molecule has 0 aliphatic carbocycles. The van der Waals surface area contributed by atoms with Crippen LogP contribution in [-0.2, 0) is 30.8 Å². The van der Waals surface area contributed by atoms with Gasteiger partial charge in [0.05, 0.1) is 11.4 Å². The van der Waals surface area contributed by atoms with Gasteiger partial charge in [-0.2, -0.15) is 0 Å². The van der Waals surface area contributed by atoms with Crippen LogP contribution in [0.2, 0.25) is 5.02 Å². The fourth-order valence-corrected chi connectivity index (χ4v) is 6.82. The van der Waals surface area contributed by atoms with Crippen LogP contribution in [0, 0.1) is 0 Å². The summed E-state index contributed by atoms with van der Waals surface area (Å²) in [6, 6.07) is 27.4. The highest BCUT2D eigenvalue weighted by atomic mass is 79.9. The molecule has 3 amide bonds. The van der Waals surface area contributed by atoms with Gasteiger partial charge in [0.25, 0.3) is 15.9 Å². The molecular formula is C37H37BrClN3O7S. The van der Waals surface area contributed by atoms with Crippen molar-refractivity contribution in [2.45, 2.75) is 62.3 Å². The van der Waals surface area contributed by atoms with E-state index in [1.165, 1.54) is 29.2 Å². The molecule has 50 heavy (non-hydrogen) atoms. The molecule has 0 saturated carbocycles. The van der Waals surface area contributed by atoms with Crippen LogP contribution in [0.3, 0.4) is 0 Å². The summed E-state index contributed by atoms with van der Waals surface area (Å²) in [4.78, 5) is 42.1. The lowest BCUT2D eigenvalue weighted by molar-refractivity contribution is -0.130. The number of sulfonamides is 1. The minimum absolute atomic E-state index is 0.0339. The lowest BCUT2D eigenvalue weighted by Crippen LogP contribution is -2.54. The summed E-state index contributed by atoms with van der Waals surface area (Å²) in [5, 5.41) is 3.04. The second-order valence-corrected chi connectivity index (χ2v) is 15.9. The number of carbonyl (C=O) groups excluding carboxylic acids is 3. The number of hydrogen-bond donors (Lipinski definition) is 2. The van der Waals surface area contributed by atoms with Crippen LogP contribution >= 0.6 is 27.5 Å². The van der Waals surface area contributed by atoms with E-state index in [9.17, 15) is 22.8 Å². The summed E-state index contributed by atoms with van der Waals surface area (Å²) in [6.07, 6.45) is -1.23. The molecule has 0 spiro atoms. The van der Waals surface area contributed by atoms with E-state index in [-0.39, 0.29) is 24.3 Å². The van der Waals surface area contributed by atoms with Gasteiger partial charge in [-0.15, -0.1) is 0 Å². The first-order valence-corrected chi connectivity index (χ1v) is 18.5. The topological polar surface area (TPSA) is 131 Å². The SMILES string of the molecule is CC(C)(C)OC(=O)N1C[C@@H](Oc2ccc(-c3ccccc3)cc2)C[C@H]1C(=O)N[C@@H](Cc1ccc(Br)cc1)C(=O)NS(=O)(=O)c1ccc(Cl)cc1. The summed E-state index contributed by atoms with van der Waals surface area (Å²) in [5.41, 5.74) is 1.87. The number of rotatable bonds is 10. The van der Waals surface area contributed by atoms with Crippen molar-refractivity contribution in [2.75, 3.05) is 6.54 Å². The molecule has 4 aromatic carbocycles. The van der Waals surface area contributed by atoms with Crippen LogP contribution < -0.4 is 14.8 Å². The number of benzene rings is 4. The van der Waals surface area contributed by atoms with E-state index in [2.05, 4.69) is 26.0 Å². The number of nitrogens with zero attached hydrogens (tertiary/aromatic N) is 1. The first-order chi connectivity index (χ1) is 23.7. The Kier molecular flexibility index (Phi) is 11.5. The number of amides is 3. The van der Waals surface area contributed by atoms with Crippen LogP contribution in [0.15, 0.2) is 112 Å². The van der Waals surface area contributed by atoms with Gasteiger partial charge in [0.15, 0.2) is 0 Å². The van der Waals surface area contributed by atoms with Crippen molar-refractivity contribution >= 4 is 55.5 Å². The molecule has 13 heteroatoms. The summed E-state index contributed by atoms with van der Waals surface area (Å²) >= 11 is 9.30. The second-order valence-electron chi connectivity index (χ2n) is 12.8. The third-order valence-corrected chi connectivity index (χ3v) is 9.95. The molecule has 0 aromatic heterocycles. The first kappa shape index (κ1) is 36.9. The molecule has 5 rings (SSSR count). The lowest BCUT2D eigenvalue weighted by Gasteiger charge is -2.28. The normalized spacial score (nSPS) is 16.7. The minimum Gasteiger partial charge on any atom is -0.488 e. The van der Waals surface area contributed by atoms with Crippen LogP contribution in [0.1, 0.15) is 32.8 Å². The van der Waals surface area contributed by atoms with E-state index in [0.29, 0.717) is 16.3 Å². The quantitative estimate of drug-likeness (QED) is 0.182. The van der Waals surface area contributed by atoms with Crippen LogP contribution in [-0.4, -0.2) is 61.6 Å². The van der Waals surface area contributed by atoms with Crippen molar-refractivity contribution < 1.29 is 32.3 Å². The monoisotopic (exact) mass is 781 g/mol. The van der Waals surface area contributed by atoms with E-state index in [4.69, 9.17) is 21.1 Å². The van der Waals surface area contributed by atoms with Gasteiger partial charge in [-0.25, -0.2) is 17.9 Å². The van der Waals surface area contributed by atoms with Gasteiger partial charge in [-0.1, -0.05) is 82.1 Å². The highest BCUT2D eigenvalue weighted by molar-refractivity contribution is 9.10. The number of hydrogen-bond acceptors (Lipinski definition) is 7. The van der Waals surface area contributed by atoms with Crippen molar-refractivity contribution in [3.63, 3.8) is 0 Å². The fraction of sp³-hybridized carbons (Fsp3) is 0.270. The number of nitrogens with one attached hydrogen (secondary N) is 2. The van der Waals surface area contributed by atoms with Crippen molar-refractivity contribution in [3.8, 4) is 16.9 Å². The molecule has 2 N–H and O–H groups in total. The van der Waals surface area contributed by atoms with Gasteiger partial charge in [-0.3, -0.25) is 14.5 Å². The standard InChI is InChI=1S/C37H37BrClN3O7S/c1-37(2,3)49-36(45)42-23-30(48-29-17-11-26(12-18-29)25-7-5-4-6-8-25)22-33(42)35(44)40-32(21-24-9-13-27(38)14-10-24)34(43)41-50(46,47)31-19-15-28(39)16-20-31/h4-20,30,32-33H,21-23H2,1-3H3,(H,40,44)(H,41,43)/t30-,32-,33-/m0/s1. The molecule has 1 fully saturated rings. The summed E-state index contributed by atoms with van der Waals surface area (Å²) in [6.45, 7) is 5.20. The predicted octanol–water partition coefficient (Wildman–Crippen LogP) is 6.76. The van der Waals surface area contributed by atoms with Gasteiger partial charge in [0.2, 0.25) is 5.91 Å². The van der Waals surface area contributed by atoms with E-state index in [1.54, 1.807) is 45.0 Å². The Morgan fingerprint density at radius 2 is 1.52 bits per heavy atom.